The second kappa shape index (κ2) is 5.78. The highest BCUT2D eigenvalue weighted by Crippen LogP contribution is 2.40. The fourth-order valence-corrected chi connectivity index (χ4v) is 3.73. The van der Waals surface area contributed by atoms with Gasteiger partial charge in [0.15, 0.2) is 0 Å². The summed E-state index contributed by atoms with van der Waals surface area (Å²) in [7, 11) is 0. The molecule has 0 aliphatic heterocycles. The topological polar surface area (TPSA) is 99.7 Å². The molecular weight excluding hydrogens is 379 g/mol. The zero-order chi connectivity index (χ0) is 19.3. The van der Waals surface area contributed by atoms with Gasteiger partial charge in [0.1, 0.15) is 17.0 Å². The quantitative estimate of drug-likeness (QED) is 0.490. The van der Waals surface area contributed by atoms with E-state index in [-0.39, 0.29) is 33.5 Å². The van der Waals surface area contributed by atoms with Crippen LogP contribution in [0, 0.1) is 11.3 Å². The van der Waals surface area contributed by atoms with E-state index in [1.54, 1.807) is 17.6 Å². The van der Waals surface area contributed by atoms with E-state index < -0.39 is 17.3 Å². The number of nitrogens with one attached hydrogen (secondary N) is 1. The molecule has 0 bridgehead atoms. The number of rotatable bonds is 1. The van der Waals surface area contributed by atoms with Crippen LogP contribution in [-0.4, -0.2) is 9.97 Å². The van der Waals surface area contributed by atoms with Gasteiger partial charge in [-0.2, -0.15) is 22.8 Å². The van der Waals surface area contributed by atoms with E-state index in [9.17, 15) is 23.2 Å². The highest BCUT2D eigenvalue weighted by Gasteiger charge is 2.36. The summed E-state index contributed by atoms with van der Waals surface area (Å²) in [5, 5.41) is 11.1. The molecule has 0 saturated carbocycles. The van der Waals surface area contributed by atoms with E-state index in [2.05, 4.69) is 9.97 Å². The number of hydrogen-bond donors (Lipinski definition) is 2. The lowest BCUT2D eigenvalue weighted by Crippen LogP contribution is -2.28. The van der Waals surface area contributed by atoms with Gasteiger partial charge in [0.2, 0.25) is 5.82 Å². The Kier molecular flexibility index (Phi) is 3.64. The number of pyridine rings is 1. The largest absolute Gasteiger partial charge is 0.417 e. The van der Waals surface area contributed by atoms with Crippen LogP contribution in [0.4, 0.5) is 19.0 Å². The molecule has 0 spiro atoms. The van der Waals surface area contributed by atoms with Gasteiger partial charge in [0, 0.05) is 10.9 Å². The molecular formula is C17H9F3N5OS+. The predicted octanol–water partition coefficient (Wildman–Crippen LogP) is 2.86. The van der Waals surface area contributed by atoms with Crippen molar-refractivity contribution >= 4 is 33.1 Å². The summed E-state index contributed by atoms with van der Waals surface area (Å²) in [6, 6.07) is 6.53. The molecule has 4 rings (SSSR count). The molecule has 3 aromatic heterocycles. The van der Waals surface area contributed by atoms with E-state index in [1.165, 1.54) is 33.9 Å². The number of alkyl halides is 3. The number of aromatic amines is 1. The van der Waals surface area contributed by atoms with E-state index >= 15 is 0 Å². The van der Waals surface area contributed by atoms with Gasteiger partial charge in [-0.3, -0.25) is 4.79 Å². The Morgan fingerprint density at radius 3 is 2.74 bits per heavy atom. The van der Waals surface area contributed by atoms with Crippen LogP contribution in [0.25, 0.3) is 27.1 Å². The van der Waals surface area contributed by atoms with Crippen LogP contribution >= 0.6 is 11.3 Å². The number of nitrogens with two attached hydrogens (primary N) is 1. The van der Waals surface area contributed by atoms with Crippen molar-refractivity contribution in [1.82, 2.24) is 9.97 Å². The Labute approximate surface area is 152 Å². The smallest absolute Gasteiger partial charge is 0.369 e. The second-order valence-electron chi connectivity index (χ2n) is 5.63. The molecule has 3 N–H and O–H groups in total. The molecule has 0 aliphatic carbocycles. The van der Waals surface area contributed by atoms with Crippen LogP contribution < -0.4 is 15.7 Å². The first-order chi connectivity index (χ1) is 12.8. The van der Waals surface area contributed by atoms with Crippen molar-refractivity contribution in [2.75, 3.05) is 5.73 Å². The predicted molar refractivity (Wildman–Crippen MR) is 93.0 cm³/mol. The normalized spacial score (nSPS) is 11.8. The molecule has 0 atom stereocenters. The first-order valence-electron chi connectivity index (χ1n) is 7.54. The van der Waals surface area contributed by atoms with Crippen molar-refractivity contribution in [2.45, 2.75) is 6.18 Å². The SMILES string of the molecule is N#Cc1c(N)nc2c(c1-c1ccccc1C(F)(F)F)c(=O)[nH]c1scc[n+]12. The number of anilines is 1. The summed E-state index contributed by atoms with van der Waals surface area (Å²) in [6.07, 6.45) is -3.07. The van der Waals surface area contributed by atoms with Crippen molar-refractivity contribution in [3.05, 3.63) is 57.3 Å². The molecule has 0 unspecified atom stereocenters. The summed E-state index contributed by atoms with van der Waals surface area (Å²) < 4.78 is 42.2. The van der Waals surface area contributed by atoms with Crippen molar-refractivity contribution in [1.29, 1.82) is 5.26 Å². The summed E-state index contributed by atoms with van der Waals surface area (Å²) in [5.41, 5.74) is 3.56. The van der Waals surface area contributed by atoms with Gasteiger partial charge < -0.3 is 5.73 Å². The van der Waals surface area contributed by atoms with Crippen molar-refractivity contribution in [3.8, 4) is 17.2 Å². The Morgan fingerprint density at radius 1 is 1.30 bits per heavy atom. The fourth-order valence-electron chi connectivity index (χ4n) is 3.01. The monoisotopic (exact) mass is 388 g/mol. The van der Waals surface area contributed by atoms with E-state index in [4.69, 9.17) is 5.73 Å². The molecule has 0 radical (unpaired) electrons. The second-order valence-corrected chi connectivity index (χ2v) is 6.53. The van der Waals surface area contributed by atoms with Gasteiger partial charge in [0.05, 0.1) is 11.8 Å². The molecule has 0 fully saturated rings. The van der Waals surface area contributed by atoms with Gasteiger partial charge in [-0.05, 0) is 11.6 Å². The molecule has 1 aromatic carbocycles. The van der Waals surface area contributed by atoms with Crippen LogP contribution in [0.1, 0.15) is 11.1 Å². The van der Waals surface area contributed by atoms with Gasteiger partial charge in [-0.15, -0.1) is 0 Å². The highest BCUT2D eigenvalue weighted by atomic mass is 32.1. The lowest BCUT2D eigenvalue weighted by atomic mass is 9.93. The first-order valence-corrected chi connectivity index (χ1v) is 8.42. The average Bonchev–Trinajstić information content (AvgIpc) is 3.08. The minimum Gasteiger partial charge on any atom is -0.369 e. The zero-order valence-electron chi connectivity index (χ0n) is 13.3. The molecule has 3 heterocycles. The molecule has 27 heavy (non-hydrogen) atoms. The number of aromatic nitrogens is 3. The maximum absolute atomic E-state index is 13.6. The number of thiazole rings is 1. The van der Waals surface area contributed by atoms with Crippen molar-refractivity contribution < 1.29 is 17.6 Å². The lowest BCUT2D eigenvalue weighted by molar-refractivity contribution is -0.482. The van der Waals surface area contributed by atoms with E-state index in [0.29, 0.717) is 4.96 Å². The molecule has 0 aliphatic rings. The number of halogens is 3. The summed E-state index contributed by atoms with van der Waals surface area (Å²) >= 11 is 1.22. The highest BCUT2D eigenvalue weighted by molar-refractivity contribution is 7.14. The number of benzene rings is 1. The minimum atomic E-state index is -4.68. The zero-order valence-corrected chi connectivity index (χ0v) is 14.1. The van der Waals surface area contributed by atoms with Crippen LogP contribution in [0.3, 0.4) is 0 Å². The molecule has 0 amide bonds. The lowest BCUT2D eigenvalue weighted by Gasteiger charge is -2.14. The summed E-state index contributed by atoms with van der Waals surface area (Å²) in [6.45, 7) is 0. The number of nitriles is 1. The summed E-state index contributed by atoms with van der Waals surface area (Å²) in [5.74, 6) is -0.248. The Hall–Kier alpha value is -3.45. The number of H-pyrrole nitrogens is 1. The Balaban J connectivity index is 2.29. The number of nitrogen functional groups attached to an aromatic ring is 1. The van der Waals surface area contributed by atoms with Gasteiger partial charge in [-0.25, -0.2) is 4.98 Å². The van der Waals surface area contributed by atoms with Gasteiger partial charge in [-0.1, -0.05) is 34.5 Å². The number of fused-ring (bicyclic) bond motifs is 3. The van der Waals surface area contributed by atoms with Crippen LogP contribution in [-0.2, 0) is 6.18 Å². The third kappa shape index (κ3) is 2.51. The standard InChI is InChI=1S/C17H8F3N5OS/c18-17(19,20)10-4-2-1-3-8(10)11-9(7-21)13(22)23-14-12(11)15(26)24-16-25(14)5-6-27-16/h1-6H,(H2,22,23,26)/p+1. The number of hydrogen-bond acceptors (Lipinski definition) is 5. The van der Waals surface area contributed by atoms with Gasteiger partial charge >= 0.3 is 11.7 Å². The first kappa shape index (κ1) is 17.0. The maximum atomic E-state index is 13.6. The van der Waals surface area contributed by atoms with Gasteiger partial charge in [0.25, 0.3) is 10.6 Å². The third-order valence-electron chi connectivity index (χ3n) is 4.10. The molecule has 134 valence electrons. The maximum Gasteiger partial charge on any atom is 0.417 e. The molecule has 4 aromatic rings. The minimum absolute atomic E-state index is 0.0819. The van der Waals surface area contributed by atoms with Crippen molar-refractivity contribution in [3.63, 3.8) is 0 Å². The van der Waals surface area contributed by atoms with E-state index in [1.807, 2.05) is 0 Å². The third-order valence-corrected chi connectivity index (χ3v) is 4.88. The molecule has 10 heteroatoms. The number of nitrogens with zero attached hydrogens (tertiary/aromatic N) is 3. The van der Waals surface area contributed by atoms with Crippen LogP contribution in [0.5, 0.6) is 0 Å². The van der Waals surface area contributed by atoms with Crippen LogP contribution in [0.2, 0.25) is 0 Å². The Bertz CT molecular complexity index is 1320. The molecule has 0 saturated heterocycles. The molecule has 6 nitrogen and oxygen atoms in total. The fraction of sp³-hybridized carbons (Fsp3) is 0.0588. The van der Waals surface area contributed by atoms with Crippen molar-refractivity contribution in [2.24, 2.45) is 0 Å². The Morgan fingerprint density at radius 2 is 2.04 bits per heavy atom. The van der Waals surface area contributed by atoms with Crippen LogP contribution in [0.15, 0.2) is 40.6 Å². The summed E-state index contributed by atoms with van der Waals surface area (Å²) in [4.78, 5) is 19.9. The average molecular weight is 388 g/mol. The van der Waals surface area contributed by atoms with E-state index in [0.717, 1.165) is 6.07 Å².